The lowest BCUT2D eigenvalue weighted by Gasteiger charge is -2.43. The number of aliphatic hydroxyl groups is 1. The Morgan fingerprint density at radius 2 is 1.86 bits per heavy atom. The monoisotopic (exact) mass is 291 g/mol. The van der Waals surface area contributed by atoms with Gasteiger partial charge in [-0.1, -0.05) is 38.3 Å². The number of methoxy groups -OCH3 is 1. The molecule has 2 fully saturated rings. The quantitative estimate of drug-likeness (QED) is 0.897. The molecule has 0 amide bonds. The fourth-order valence-electron chi connectivity index (χ4n) is 3.64. The van der Waals surface area contributed by atoms with Crippen LogP contribution in [0, 0.1) is 5.41 Å². The van der Waals surface area contributed by atoms with E-state index in [0.717, 1.165) is 24.2 Å². The summed E-state index contributed by atoms with van der Waals surface area (Å²) in [5, 5.41) is 11.0. The number of hydrogen-bond donors (Lipinski definition) is 2. The third-order valence-corrected chi connectivity index (χ3v) is 5.27. The Bertz CT molecular complexity index is 481. The van der Waals surface area contributed by atoms with Crippen molar-refractivity contribution in [3.05, 3.63) is 29.8 Å². The van der Waals surface area contributed by atoms with Crippen LogP contribution in [0.1, 0.15) is 57.1 Å². The second-order valence-electron chi connectivity index (χ2n) is 6.66. The first-order valence-electron chi connectivity index (χ1n) is 7.86. The molecule has 116 valence electrons. The summed E-state index contributed by atoms with van der Waals surface area (Å²) in [5.41, 5.74) is 4.00. The van der Waals surface area contributed by atoms with Crippen molar-refractivity contribution in [2.75, 3.05) is 7.11 Å². The van der Waals surface area contributed by atoms with E-state index in [4.69, 9.17) is 9.57 Å². The van der Waals surface area contributed by atoms with E-state index < -0.39 is 5.79 Å². The minimum Gasteiger partial charge on any atom is -0.497 e. The zero-order chi connectivity index (χ0) is 14.9. The van der Waals surface area contributed by atoms with Gasteiger partial charge in [-0.25, -0.2) is 0 Å². The average Bonchev–Trinajstić information content (AvgIpc) is 2.92. The van der Waals surface area contributed by atoms with E-state index in [0.29, 0.717) is 6.42 Å². The Morgan fingerprint density at radius 1 is 1.19 bits per heavy atom. The molecule has 2 aliphatic rings. The van der Waals surface area contributed by atoms with Crippen LogP contribution in [-0.2, 0) is 4.84 Å². The molecule has 0 aromatic heterocycles. The van der Waals surface area contributed by atoms with Crippen molar-refractivity contribution in [2.24, 2.45) is 5.41 Å². The van der Waals surface area contributed by atoms with Crippen LogP contribution in [0.3, 0.4) is 0 Å². The fraction of sp³-hybridized carbons (Fsp3) is 0.647. The Balaban J connectivity index is 1.74. The van der Waals surface area contributed by atoms with Crippen molar-refractivity contribution >= 4 is 0 Å². The van der Waals surface area contributed by atoms with E-state index in [2.05, 4.69) is 12.4 Å². The summed E-state index contributed by atoms with van der Waals surface area (Å²) in [6, 6.07) is 7.96. The van der Waals surface area contributed by atoms with Crippen LogP contribution in [0.25, 0.3) is 0 Å². The Hall–Kier alpha value is -1.10. The number of benzene rings is 1. The van der Waals surface area contributed by atoms with Crippen LogP contribution in [0.15, 0.2) is 24.3 Å². The third-order valence-electron chi connectivity index (χ3n) is 5.27. The van der Waals surface area contributed by atoms with Crippen LogP contribution in [0.5, 0.6) is 5.75 Å². The van der Waals surface area contributed by atoms with Crippen molar-refractivity contribution in [1.29, 1.82) is 0 Å². The maximum Gasteiger partial charge on any atom is 0.192 e. The van der Waals surface area contributed by atoms with Gasteiger partial charge in [0.1, 0.15) is 5.75 Å². The molecular formula is C17H25NO3. The molecule has 1 aliphatic heterocycles. The molecule has 2 N–H and O–H groups in total. The van der Waals surface area contributed by atoms with E-state index in [-0.39, 0.29) is 11.5 Å². The highest BCUT2D eigenvalue weighted by molar-refractivity contribution is 5.29. The summed E-state index contributed by atoms with van der Waals surface area (Å²) in [5.74, 6) is -0.231. The molecule has 21 heavy (non-hydrogen) atoms. The van der Waals surface area contributed by atoms with E-state index in [9.17, 15) is 5.11 Å². The standard InChI is InChI=1S/C17H25NO3/c1-16(10-4-3-5-11-16)17(19)12-15(18-21-17)13-6-8-14(20-2)9-7-13/h6-9,15,18-19H,3-5,10-12H2,1-2H3/t15-,17+/m1/s1. The molecule has 4 heteroatoms. The Morgan fingerprint density at radius 3 is 2.48 bits per heavy atom. The van der Waals surface area contributed by atoms with Gasteiger partial charge in [0, 0.05) is 11.8 Å². The average molecular weight is 291 g/mol. The van der Waals surface area contributed by atoms with Gasteiger partial charge in [-0.05, 0) is 30.5 Å². The summed E-state index contributed by atoms with van der Waals surface area (Å²) in [6.45, 7) is 2.16. The summed E-state index contributed by atoms with van der Waals surface area (Å²) in [4.78, 5) is 5.68. The zero-order valence-electron chi connectivity index (χ0n) is 12.9. The minimum absolute atomic E-state index is 0.0275. The lowest BCUT2D eigenvalue weighted by Crippen LogP contribution is -2.47. The fourth-order valence-corrected chi connectivity index (χ4v) is 3.64. The third kappa shape index (κ3) is 2.68. The molecule has 0 spiro atoms. The molecule has 1 saturated carbocycles. The van der Waals surface area contributed by atoms with Gasteiger partial charge in [0.2, 0.25) is 0 Å². The highest BCUT2D eigenvalue weighted by Gasteiger charge is 2.53. The van der Waals surface area contributed by atoms with Gasteiger partial charge >= 0.3 is 0 Å². The zero-order valence-corrected chi connectivity index (χ0v) is 12.9. The molecule has 0 unspecified atom stereocenters. The number of hydrogen-bond acceptors (Lipinski definition) is 4. The van der Waals surface area contributed by atoms with Crippen molar-refractivity contribution in [2.45, 2.75) is 57.3 Å². The van der Waals surface area contributed by atoms with Crippen molar-refractivity contribution < 1.29 is 14.7 Å². The molecule has 1 aromatic carbocycles. The maximum atomic E-state index is 11.0. The molecule has 2 atom stereocenters. The predicted octanol–water partition coefficient (Wildman–Crippen LogP) is 3.32. The molecule has 3 rings (SSSR count). The van der Waals surface area contributed by atoms with Crippen LogP contribution < -0.4 is 10.2 Å². The van der Waals surface area contributed by atoms with Crippen LogP contribution in [0.4, 0.5) is 0 Å². The molecule has 0 bridgehead atoms. The molecule has 1 saturated heterocycles. The normalized spacial score (nSPS) is 32.0. The van der Waals surface area contributed by atoms with E-state index in [1.165, 1.54) is 19.3 Å². The molecule has 0 radical (unpaired) electrons. The molecular weight excluding hydrogens is 266 g/mol. The number of rotatable bonds is 3. The summed E-state index contributed by atoms with van der Waals surface area (Å²) < 4.78 is 5.18. The van der Waals surface area contributed by atoms with E-state index >= 15 is 0 Å². The molecule has 4 nitrogen and oxygen atoms in total. The second-order valence-corrected chi connectivity index (χ2v) is 6.66. The van der Waals surface area contributed by atoms with Gasteiger partial charge in [0.15, 0.2) is 5.79 Å². The summed E-state index contributed by atoms with van der Waals surface area (Å²) in [6.07, 6.45) is 6.27. The van der Waals surface area contributed by atoms with Gasteiger partial charge in [0.05, 0.1) is 13.2 Å². The summed E-state index contributed by atoms with van der Waals surface area (Å²) >= 11 is 0. The Labute approximate surface area is 126 Å². The SMILES string of the molecule is COc1ccc([C@H]2C[C@@](O)(C3(C)CCCCC3)ON2)cc1. The molecule has 1 heterocycles. The van der Waals surface area contributed by atoms with E-state index in [1.807, 2.05) is 24.3 Å². The molecule has 1 aliphatic carbocycles. The van der Waals surface area contributed by atoms with Crippen molar-refractivity contribution in [3.63, 3.8) is 0 Å². The van der Waals surface area contributed by atoms with Gasteiger partial charge in [-0.3, -0.25) is 4.84 Å². The smallest absolute Gasteiger partial charge is 0.192 e. The van der Waals surface area contributed by atoms with Crippen molar-refractivity contribution in [1.82, 2.24) is 5.48 Å². The summed E-state index contributed by atoms with van der Waals surface area (Å²) in [7, 11) is 1.66. The van der Waals surface area contributed by atoms with Crippen LogP contribution in [-0.4, -0.2) is 18.0 Å². The minimum atomic E-state index is -1.07. The predicted molar refractivity (Wildman–Crippen MR) is 80.7 cm³/mol. The first-order valence-corrected chi connectivity index (χ1v) is 7.86. The largest absolute Gasteiger partial charge is 0.497 e. The maximum absolute atomic E-state index is 11.0. The van der Waals surface area contributed by atoms with Crippen molar-refractivity contribution in [3.8, 4) is 5.75 Å². The number of ether oxygens (including phenoxy) is 1. The Kier molecular flexibility index (Phi) is 3.95. The first-order chi connectivity index (χ1) is 10.1. The van der Waals surface area contributed by atoms with Crippen LogP contribution >= 0.6 is 0 Å². The van der Waals surface area contributed by atoms with Gasteiger partial charge < -0.3 is 9.84 Å². The topological polar surface area (TPSA) is 50.7 Å². The number of nitrogens with one attached hydrogen (secondary N) is 1. The van der Waals surface area contributed by atoms with Gasteiger partial charge in [-0.2, -0.15) is 5.48 Å². The lowest BCUT2D eigenvalue weighted by molar-refractivity contribution is -0.273. The second kappa shape index (κ2) is 5.59. The van der Waals surface area contributed by atoms with E-state index in [1.54, 1.807) is 7.11 Å². The lowest BCUT2D eigenvalue weighted by atomic mass is 9.68. The van der Waals surface area contributed by atoms with Gasteiger partial charge in [-0.15, -0.1) is 0 Å². The number of hydroxylamine groups is 1. The van der Waals surface area contributed by atoms with Crippen LogP contribution in [0.2, 0.25) is 0 Å². The first kappa shape index (κ1) is 14.8. The highest BCUT2D eigenvalue weighted by Crippen LogP contribution is 2.50. The highest BCUT2D eigenvalue weighted by atomic mass is 16.8. The van der Waals surface area contributed by atoms with Gasteiger partial charge in [0.25, 0.3) is 0 Å². The molecule has 1 aromatic rings.